The van der Waals surface area contributed by atoms with Crippen LogP contribution < -0.4 is 15.0 Å². The Balaban J connectivity index is 1.46. The molecule has 152 valence electrons. The van der Waals surface area contributed by atoms with Crippen molar-refractivity contribution in [2.24, 2.45) is 11.8 Å². The van der Waals surface area contributed by atoms with Gasteiger partial charge in [-0.15, -0.1) is 0 Å². The molecule has 1 N–H and O–H groups in total. The molecule has 28 heavy (non-hydrogen) atoms. The topological polar surface area (TPSA) is 71.1 Å². The third kappa shape index (κ3) is 3.94. The molecular weight excluding hydrogens is 358 g/mol. The molecule has 1 aromatic rings. The first-order valence-corrected chi connectivity index (χ1v) is 10.3. The molecule has 0 radical (unpaired) electrons. The Morgan fingerprint density at radius 2 is 2.07 bits per heavy atom. The lowest BCUT2D eigenvalue weighted by Gasteiger charge is -2.34. The molecule has 0 unspecified atom stereocenters. The molecule has 7 heteroatoms. The second-order valence-corrected chi connectivity index (χ2v) is 7.94. The number of carbonyl (C=O) groups is 2. The lowest BCUT2D eigenvalue weighted by atomic mass is 9.76. The number of amides is 3. The Morgan fingerprint density at radius 1 is 1.21 bits per heavy atom. The van der Waals surface area contributed by atoms with Crippen LogP contribution in [0.3, 0.4) is 0 Å². The van der Waals surface area contributed by atoms with E-state index in [1.54, 1.807) is 18.1 Å². The van der Waals surface area contributed by atoms with Crippen molar-refractivity contribution in [3.8, 4) is 5.75 Å². The van der Waals surface area contributed by atoms with Crippen molar-refractivity contribution in [3.05, 3.63) is 18.2 Å². The van der Waals surface area contributed by atoms with E-state index >= 15 is 0 Å². The average molecular weight is 387 g/mol. The van der Waals surface area contributed by atoms with E-state index in [0.29, 0.717) is 55.1 Å². The Bertz CT molecular complexity index is 734. The lowest BCUT2D eigenvalue weighted by molar-refractivity contribution is -0.117. The quantitative estimate of drug-likeness (QED) is 0.862. The van der Waals surface area contributed by atoms with Crippen LogP contribution in [0, 0.1) is 11.8 Å². The highest BCUT2D eigenvalue weighted by molar-refractivity contribution is 5.98. The van der Waals surface area contributed by atoms with Crippen molar-refractivity contribution < 1.29 is 19.1 Å². The van der Waals surface area contributed by atoms with Gasteiger partial charge in [0.1, 0.15) is 5.75 Å². The molecular formula is C21H29N3O4. The van der Waals surface area contributed by atoms with Crippen LogP contribution in [0.25, 0.3) is 0 Å². The summed E-state index contributed by atoms with van der Waals surface area (Å²) in [5.74, 6) is 1.84. The minimum atomic E-state index is -0.112. The summed E-state index contributed by atoms with van der Waals surface area (Å²) in [6.07, 6.45) is 5.17. The molecule has 1 aliphatic carbocycles. The van der Waals surface area contributed by atoms with Crippen molar-refractivity contribution in [3.63, 3.8) is 0 Å². The van der Waals surface area contributed by atoms with Crippen LogP contribution in [0.15, 0.2) is 18.2 Å². The third-order valence-corrected chi connectivity index (χ3v) is 6.19. The number of nitrogens with zero attached hydrogens (tertiary/aromatic N) is 2. The number of hydrogen-bond donors (Lipinski definition) is 1. The van der Waals surface area contributed by atoms with E-state index in [1.807, 2.05) is 17.0 Å². The maximum absolute atomic E-state index is 12.9. The van der Waals surface area contributed by atoms with Gasteiger partial charge in [0.05, 0.1) is 26.0 Å². The molecule has 1 aromatic carbocycles. The third-order valence-electron chi connectivity index (χ3n) is 6.19. The average Bonchev–Trinajstić information content (AvgIpc) is 2.93. The molecule has 7 nitrogen and oxygen atoms in total. The van der Waals surface area contributed by atoms with Crippen molar-refractivity contribution in [1.82, 2.24) is 4.90 Å². The molecule has 1 atom stereocenters. The van der Waals surface area contributed by atoms with E-state index in [4.69, 9.17) is 9.47 Å². The summed E-state index contributed by atoms with van der Waals surface area (Å²) in [5.41, 5.74) is 1.39. The Labute approximate surface area is 166 Å². The highest BCUT2D eigenvalue weighted by Gasteiger charge is 2.32. The fourth-order valence-electron chi connectivity index (χ4n) is 4.30. The number of anilines is 2. The van der Waals surface area contributed by atoms with Gasteiger partial charge in [0.15, 0.2) is 0 Å². The van der Waals surface area contributed by atoms with Gasteiger partial charge in [0.25, 0.3) is 0 Å². The Kier molecular flexibility index (Phi) is 5.71. The molecule has 3 fully saturated rings. The largest absolute Gasteiger partial charge is 0.495 e. The molecule has 2 aliphatic heterocycles. The summed E-state index contributed by atoms with van der Waals surface area (Å²) in [6.45, 7) is 3.34. The summed E-state index contributed by atoms with van der Waals surface area (Å²) in [4.78, 5) is 28.6. The molecule has 3 aliphatic rings. The summed E-state index contributed by atoms with van der Waals surface area (Å²) in [6, 6.07) is 5.34. The van der Waals surface area contributed by atoms with Crippen molar-refractivity contribution in [2.75, 3.05) is 50.2 Å². The van der Waals surface area contributed by atoms with Gasteiger partial charge in [-0.05, 0) is 30.5 Å². The molecule has 2 heterocycles. The Hall–Kier alpha value is -2.28. The van der Waals surface area contributed by atoms with E-state index in [2.05, 4.69) is 5.32 Å². The molecule has 4 rings (SSSR count). The van der Waals surface area contributed by atoms with Gasteiger partial charge >= 0.3 is 6.03 Å². The number of hydrogen-bond acceptors (Lipinski definition) is 4. The normalized spacial score (nSPS) is 23.3. The van der Waals surface area contributed by atoms with Crippen molar-refractivity contribution in [2.45, 2.75) is 32.1 Å². The number of methoxy groups -OCH3 is 1. The molecule has 0 bridgehead atoms. The fraction of sp³-hybridized carbons (Fsp3) is 0.619. The summed E-state index contributed by atoms with van der Waals surface area (Å²) >= 11 is 0. The van der Waals surface area contributed by atoms with Gasteiger partial charge in [-0.25, -0.2) is 4.79 Å². The lowest BCUT2D eigenvalue weighted by Crippen LogP contribution is -2.41. The van der Waals surface area contributed by atoms with Crippen LogP contribution >= 0.6 is 0 Å². The van der Waals surface area contributed by atoms with Crippen LogP contribution in [0.1, 0.15) is 32.1 Å². The first kappa shape index (κ1) is 19.1. The molecule has 0 aromatic heterocycles. The van der Waals surface area contributed by atoms with Gasteiger partial charge in [0, 0.05) is 37.7 Å². The van der Waals surface area contributed by atoms with E-state index in [1.165, 1.54) is 19.3 Å². The summed E-state index contributed by atoms with van der Waals surface area (Å²) in [5, 5.41) is 3.00. The zero-order chi connectivity index (χ0) is 19.5. The summed E-state index contributed by atoms with van der Waals surface area (Å²) in [7, 11) is 1.59. The van der Waals surface area contributed by atoms with E-state index < -0.39 is 0 Å². The number of benzene rings is 1. The van der Waals surface area contributed by atoms with Crippen LogP contribution in [0.5, 0.6) is 5.75 Å². The molecule has 3 amide bonds. The number of ether oxygens (including phenoxy) is 2. The van der Waals surface area contributed by atoms with Gasteiger partial charge < -0.3 is 24.6 Å². The SMILES string of the molecule is COc1ccc(NC(=O)N2CCOC[C@H](C3CCC3)C2)cc1N1CCCC1=O. The van der Waals surface area contributed by atoms with Crippen molar-refractivity contribution >= 4 is 23.3 Å². The molecule has 2 saturated heterocycles. The smallest absolute Gasteiger partial charge is 0.321 e. The maximum Gasteiger partial charge on any atom is 0.321 e. The summed E-state index contributed by atoms with van der Waals surface area (Å²) < 4.78 is 11.2. The second kappa shape index (κ2) is 8.39. The standard InChI is InChI=1S/C21H29N3O4/c1-27-19-8-7-17(12-18(19)24-9-3-6-20(24)25)22-21(26)23-10-11-28-14-16(13-23)15-4-2-5-15/h7-8,12,15-16H,2-6,9-11,13-14H2,1H3,(H,22,26)/t16-/m1/s1. The molecule has 1 saturated carbocycles. The highest BCUT2D eigenvalue weighted by Crippen LogP contribution is 2.36. The van der Waals surface area contributed by atoms with Crippen LogP contribution in [0.4, 0.5) is 16.2 Å². The predicted molar refractivity (Wildman–Crippen MR) is 107 cm³/mol. The van der Waals surface area contributed by atoms with Crippen LogP contribution in [-0.2, 0) is 9.53 Å². The predicted octanol–water partition coefficient (Wildman–Crippen LogP) is 3.10. The van der Waals surface area contributed by atoms with Gasteiger partial charge in [-0.2, -0.15) is 0 Å². The number of urea groups is 1. The van der Waals surface area contributed by atoms with Gasteiger partial charge in [-0.3, -0.25) is 4.79 Å². The minimum Gasteiger partial charge on any atom is -0.495 e. The first-order valence-electron chi connectivity index (χ1n) is 10.3. The van der Waals surface area contributed by atoms with Gasteiger partial charge in [0.2, 0.25) is 5.91 Å². The zero-order valence-electron chi connectivity index (χ0n) is 16.5. The molecule has 0 spiro atoms. The highest BCUT2D eigenvalue weighted by atomic mass is 16.5. The van der Waals surface area contributed by atoms with Gasteiger partial charge in [-0.1, -0.05) is 19.3 Å². The van der Waals surface area contributed by atoms with Crippen LogP contribution in [-0.4, -0.2) is 56.8 Å². The zero-order valence-corrected chi connectivity index (χ0v) is 16.5. The Morgan fingerprint density at radius 3 is 2.75 bits per heavy atom. The fourth-order valence-corrected chi connectivity index (χ4v) is 4.30. The maximum atomic E-state index is 12.9. The van der Waals surface area contributed by atoms with E-state index in [0.717, 1.165) is 19.6 Å². The van der Waals surface area contributed by atoms with Crippen LogP contribution in [0.2, 0.25) is 0 Å². The van der Waals surface area contributed by atoms with Crippen molar-refractivity contribution in [1.29, 1.82) is 0 Å². The van der Waals surface area contributed by atoms with E-state index in [9.17, 15) is 9.59 Å². The first-order chi connectivity index (χ1) is 13.7. The number of nitrogens with one attached hydrogen (secondary N) is 1. The van der Waals surface area contributed by atoms with E-state index in [-0.39, 0.29) is 11.9 Å². The number of carbonyl (C=O) groups excluding carboxylic acids is 2. The minimum absolute atomic E-state index is 0.0924. The second-order valence-electron chi connectivity index (χ2n) is 7.94. The monoisotopic (exact) mass is 387 g/mol. The number of rotatable bonds is 4.